The van der Waals surface area contributed by atoms with E-state index in [4.69, 9.17) is 11.6 Å². The van der Waals surface area contributed by atoms with Crippen molar-refractivity contribution in [3.63, 3.8) is 0 Å². The molecule has 0 spiro atoms. The lowest BCUT2D eigenvalue weighted by Crippen LogP contribution is -2.18. The number of hydrogen-bond donors (Lipinski definition) is 3. The van der Waals surface area contributed by atoms with Crippen LogP contribution in [0.4, 0.5) is 10.1 Å². The summed E-state index contributed by atoms with van der Waals surface area (Å²) in [5, 5.41) is 18.7. The molecule has 2 rings (SSSR count). The highest BCUT2D eigenvalue weighted by molar-refractivity contribution is 6.32. The molecule has 1 aromatic heterocycles. The molecule has 0 fully saturated rings. The Balaban J connectivity index is 2.43. The zero-order chi connectivity index (χ0) is 17.1. The van der Waals surface area contributed by atoms with Crippen LogP contribution in [0.3, 0.4) is 0 Å². The lowest BCUT2D eigenvalue weighted by Gasteiger charge is -2.18. The van der Waals surface area contributed by atoms with E-state index in [9.17, 15) is 14.3 Å². The highest BCUT2D eigenvalue weighted by Crippen LogP contribution is 2.28. The van der Waals surface area contributed by atoms with Crippen LogP contribution in [0.5, 0.6) is 0 Å². The lowest BCUT2D eigenvalue weighted by atomic mass is 9.89. The van der Waals surface area contributed by atoms with E-state index in [1.54, 1.807) is 13.8 Å². The number of aliphatic hydroxyl groups excluding tert-OH is 1. The fraction of sp³-hybridized carbons (Fsp3) is 0.250. The maximum atomic E-state index is 13.6. The molecule has 0 radical (unpaired) electrons. The van der Waals surface area contributed by atoms with Gasteiger partial charge in [0.1, 0.15) is 11.5 Å². The minimum Gasteiger partial charge on any atom is -0.395 e. The minimum absolute atomic E-state index is 0.115. The van der Waals surface area contributed by atoms with Gasteiger partial charge in [0, 0.05) is 11.5 Å². The minimum atomic E-state index is -0.549. The van der Waals surface area contributed by atoms with Crippen LogP contribution < -0.4 is 5.32 Å². The number of halogens is 2. The Labute approximate surface area is 138 Å². The first-order valence-electron chi connectivity index (χ1n) is 6.92. The molecule has 2 aromatic rings. The number of anilines is 1. The molecular weight excluding hydrogens is 321 g/mol. The summed E-state index contributed by atoms with van der Waals surface area (Å²) in [6.07, 6.45) is 0. The predicted molar refractivity (Wildman–Crippen MR) is 87.3 cm³/mol. The van der Waals surface area contributed by atoms with Gasteiger partial charge < -0.3 is 10.4 Å². The Morgan fingerprint density at radius 2 is 2.26 bits per heavy atom. The Morgan fingerprint density at radius 1 is 1.57 bits per heavy atom. The number of aryl methyl sites for hydroxylation is 1. The maximum absolute atomic E-state index is 13.6. The van der Waals surface area contributed by atoms with Crippen LogP contribution in [0.1, 0.15) is 34.5 Å². The van der Waals surface area contributed by atoms with Crippen LogP contribution in [0.2, 0.25) is 5.15 Å². The van der Waals surface area contributed by atoms with Crippen LogP contribution >= 0.6 is 11.6 Å². The molecule has 23 heavy (non-hydrogen) atoms. The number of amides is 1. The molecule has 0 saturated heterocycles. The van der Waals surface area contributed by atoms with Gasteiger partial charge in [0.25, 0.3) is 5.91 Å². The van der Waals surface area contributed by atoms with Gasteiger partial charge in [-0.1, -0.05) is 29.8 Å². The topological polar surface area (TPSA) is 78.0 Å². The molecule has 1 atom stereocenters. The molecule has 0 bridgehead atoms. The molecular formula is C16H17ClFN3O2. The largest absolute Gasteiger partial charge is 0.395 e. The van der Waals surface area contributed by atoms with Gasteiger partial charge in [-0.15, -0.1) is 0 Å². The summed E-state index contributed by atoms with van der Waals surface area (Å²) in [7, 11) is 0. The quantitative estimate of drug-likeness (QED) is 0.731. The number of hydrogen-bond acceptors (Lipinski definition) is 3. The number of nitrogens with zero attached hydrogens (tertiary/aromatic N) is 1. The maximum Gasteiger partial charge on any atom is 0.256 e. The summed E-state index contributed by atoms with van der Waals surface area (Å²) in [6.45, 7) is 7.02. The molecule has 122 valence electrons. The summed E-state index contributed by atoms with van der Waals surface area (Å²) in [4.78, 5) is 12.5. The van der Waals surface area contributed by atoms with Crippen molar-refractivity contribution in [2.45, 2.75) is 19.8 Å². The molecule has 0 saturated carbocycles. The van der Waals surface area contributed by atoms with E-state index >= 15 is 0 Å². The van der Waals surface area contributed by atoms with E-state index in [-0.39, 0.29) is 17.3 Å². The Bertz CT molecular complexity index is 738. The van der Waals surface area contributed by atoms with Crippen molar-refractivity contribution in [1.82, 2.24) is 10.2 Å². The number of aromatic amines is 1. The summed E-state index contributed by atoms with van der Waals surface area (Å²) in [6, 6.07) is 3.84. The van der Waals surface area contributed by atoms with Crippen molar-refractivity contribution in [2.24, 2.45) is 0 Å². The first kappa shape index (κ1) is 17.2. The number of H-pyrrole nitrogens is 1. The zero-order valence-electron chi connectivity index (χ0n) is 12.8. The van der Waals surface area contributed by atoms with Gasteiger partial charge in [-0.3, -0.25) is 9.89 Å². The second kappa shape index (κ2) is 6.93. The Kier molecular flexibility index (Phi) is 5.18. The summed E-state index contributed by atoms with van der Waals surface area (Å²) in [5.41, 5.74) is 2.20. The number of rotatable bonds is 5. The smallest absolute Gasteiger partial charge is 0.256 e. The van der Waals surface area contributed by atoms with Crippen molar-refractivity contribution < 1.29 is 14.3 Å². The molecule has 3 N–H and O–H groups in total. The SMILES string of the molecule is C=C(C)C(CO)c1ccc(F)cc1C(=O)Nc1c(Cl)n[nH]c1C. The molecule has 1 amide bonds. The summed E-state index contributed by atoms with van der Waals surface area (Å²) in [5.74, 6) is -1.55. The summed E-state index contributed by atoms with van der Waals surface area (Å²) >= 11 is 5.90. The molecule has 1 aromatic carbocycles. The molecule has 1 heterocycles. The highest BCUT2D eigenvalue weighted by Gasteiger charge is 2.22. The van der Waals surface area contributed by atoms with E-state index in [1.807, 2.05) is 0 Å². The van der Waals surface area contributed by atoms with E-state index in [0.717, 1.165) is 6.07 Å². The first-order valence-corrected chi connectivity index (χ1v) is 7.30. The third-order valence-corrected chi connectivity index (χ3v) is 3.83. The van der Waals surface area contributed by atoms with Gasteiger partial charge in [0.15, 0.2) is 5.15 Å². The van der Waals surface area contributed by atoms with Gasteiger partial charge in [-0.25, -0.2) is 4.39 Å². The fourth-order valence-electron chi connectivity index (χ4n) is 2.27. The number of aromatic nitrogens is 2. The third kappa shape index (κ3) is 3.60. The van der Waals surface area contributed by atoms with Crippen molar-refractivity contribution in [1.29, 1.82) is 0 Å². The van der Waals surface area contributed by atoms with Crippen LogP contribution in [-0.4, -0.2) is 27.8 Å². The van der Waals surface area contributed by atoms with Gasteiger partial charge in [-0.05, 0) is 31.5 Å². The molecule has 5 nitrogen and oxygen atoms in total. The van der Waals surface area contributed by atoms with E-state index in [2.05, 4.69) is 22.1 Å². The first-order chi connectivity index (χ1) is 10.8. The van der Waals surface area contributed by atoms with Crippen LogP contribution in [0.15, 0.2) is 30.4 Å². The number of benzene rings is 1. The van der Waals surface area contributed by atoms with E-state index in [1.165, 1.54) is 12.1 Å². The van der Waals surface area contributed by atoms with Gasteiger partial charge in [0.2, 0.25) is 0 Å². The van der Waals surface area contributed by atoms with Crippen molar-refractivity contribution in [3.05, 3.63) is 58.1 Å². The Hall–Kier alpha value is -2.18. The molecule has 0 aliphatic carbocycles. The van der Waals surface area contributed by atoms with Gasteiger partial charge >= 0.3 is 0 Å². The molecule has 0 aliphatic rings. The lowest BCUT2D eigenvalue weighted by molar-refractivity contribution is 0.102. The number of carbonyl (C=O) groups excluding carboxylic acids is 1. The summed E-state index contributed by atoms with van der Waals surface area (Å²) < 4.78 is 13.6. The van der Waals surface area contributed by atoms with Crippen molar-refractivity contribution >= 4 is 23.2 Å². The third-order valence-electron chi connectivity index (χ3n) is 3.55. The van der Waals surface area contributed by atoms with Crippen molar-refractivity contribution in [3.8, 4) is 0 Å². The van der Waals surface area contributed by atoms with E-state index in [0.29, 0.717) is 22.5 Å². The van der Waals surface area contributed by atoms with E-state index < -0.39 is 17.6 Å². The second-order valence-corrected chi connectivity index (χ2v) is 5.64. The van der Waals surface area contributed by atoms with Crippen LogP contribution in [0.25, 0.3) is 0 Å². The normalized spacial score (nSPS) is 12.0. The van der Waals surface area contributed by atoms with Gasteiger partial charge in [-0.2, -0.15) is 5.10 Å². The molecule has 7 heteroatoms. The van der Waals surface area contributed by atoms with Crippen LogP contribution in [-0.2, 0) is 0 Å². The Morgan fingerprint density at radius 3 is 2.78 bits per heavy atom. The number of aliphatic hydroxyl groups is 1. The second-order valence-electron chi connectivity index (χ2n) is 5.28. The number of carbonyl (C=O) groups is 1. The predicted octanol–water partition coefficient (Wildman–Crippen LogP) is 3.41. The highest BCUT2D eigenvalue weighted by atomic mass is 35.5. The number of nitrogens with one attached hydrogen (secondary N) is 2. The molecule has 1 unspecified atom stereocenters. The average Bonchev–Trinajstić information content (AvgIpc) is 2.80. The monoisotopic (exact) mass is 337 g/mol. The average molecular weight is 338 g/mol. The fourth-order valence-corrected chi connectivity index (χ4v) is 2.51. The standard InChI is InChI=1S/C16H17ClFN3O2/c1-8(2)13(7-22)11-5-4-10(18)6-12(11)16(23)19-14-9(3)20-21-15(14)17/h4-6,13,22H,1,7H2,2-3H3,(H,19,23)(H,20,21). The van der Waals surface area contributed by atoms with Crippen LogP contribution in [0, 0.1) is 12.7 Å². The van der Waals surface area contributed by atoms with Crippen molar-refractivity contribution in [2.75, 3.05) is 11.9 Å². The van der Waals surface area contributed by atoms with Gasteiger partial charge in [0.05, 0.1) is 12.3 Å². The zero-order valence-corrected chi connectivity index (χ0v) is 13.5. The molecule has 0 aliphatic heterocycles.